The maximum atomic E-state index is 12.8. The minimum absolute atomic E-state index is 0.0166. The lowest BCUT2D eigenvalue weighted by Gasteiger charge is -2.27. The van der Waals surface area contributed by atoms with Crippen LogP contribution in [-0.4, -0.2) is 54.0 Å². The molecular weight excluding hydrogens is 366 g/mol. The van der Waals surface area contributed by atoms with E-state index in [1.54, 1.807) is 0 Å². The van der Waals surface area contributed by atoms with E-state index < -0.39 is 0 Å². The van der Waals surface area contributed by atoms with Gasteiger partial charge in [-0.3, -0.25) is 4.79 Å². The number of nitrogens with zero attached hydrogens (tertiary/aromatic N) is 2. The summed E-state index contributed by atoms with van der Waals surface area (Å²) in [5.41, 5.74) is 2.17. The number of rotatable bonds is 4. The van der Waals surface area contributed by atoms with Gasteiger partial charge in [0.15, 0.2) is 0 Å². The highest BCUT2D eigenvalue weighted by Gasteiger charge is 2.23. The molecule has 3 amide bonds. The summed E-state index contributed by atoms with van der Waals surface area (Å²) in [6, 6.07) is 6.48. The molecule has 29 heavy (non-hydrogen) atoms. The third kappa shape index (κ3) is 5.22. The molecule has 0 aromatic heterocycles. The minimum Gasteiger partial charge on any atom is -0.491 e. The number of hydrogen-bond acceptors (Lipinski definition) is 3. The van der Waals surface area contributed by atoms with Crippen LogP contribution in [0.1, 0.15) is 62.5 Å². The fourth-order valence-corrected chi connectivity index (χ4v) is 4.67. The molecule has 0 unspecified atom stereocenters. The lowest BCUT2D eigenvalue weighted by atomic mass is 9.96. The topological polar surface area (TPSA) is 61.9 Å². The van der Waals surface area contributed by atoms with Crippen molar-refractivity contribution in [2.45, 2.75) is 70.4 Å². The van der Waals surface area contributed by atoms with E-state index in [0.717, 1.165) is 62.1 Å². The summed E-state index contributed by atoms with van der Waals surface area (Å²) >= 11 is 0. The Hall–Kier alpha value is -2.24. The van der Waals surface area contributed by atoms with Crippen LogP contribution < -0.4 is 10.1 Å². The molecule has 0 bridgehead atoms. The van der Waals surface area contributed by atoms with Gasteiger partial charge in [0.1, 0.15) is 12.4 Å². The van der Waals surface area contributed by atoms with E-state index in [9.17, 15) is 9.59 Å². The van der Waals surface area contributed by atoms with E-state index in [-0.39, 0.29) is 11.9 Å². The van der Waals surface area contributed by atoms with Crippen molar-refractivity contribution in [3.63, 3.8) is 0 Å². The monoisotopic (exact) mass is 399 g/mol. The van der Waals surface area contributed by atoms with Crippen molar-refractivity contribution in [1.82, 2.24) is 15.1 Å². The van der Waals surface area contributed by atoms with Crippen molar-refractivity contribution in [1.29, 1.82) is 0 Å². The highest BCUT2D eigenvalue weighted by molar-refractivity contribution is 5.76. The second-order valence-corrected chi connectivity index (χ2v) is 8.58. The molecule has 0 radical (unpaired) electrons. The molecule has 1 saturated heterocycles. The van der Waals surface area contributed by atoms with Gasteiger partial charge in [0, 0.05) is 31.1 Å². The average molecular weight is 400 g/mol. The van der Waals surface area contributed by atoms with E-state index >= 15 is 0 Å². The summed E-state index contributed by atoms with van der Waals surface area (Å²) in [4.78, 5) is 29.0. The Morgan fingerprint density at radius 2 is 1.79 bits per heavy atom. The average Bonchev–Trinajstić information content (AvgIpc) is 3.19. The quantitative estimate of drug-likeness (QED) is 0.843. The van der Waals surface area contributed by atoms with Crippen molar-refractivity contribution < 1.29 is 14.3 Å². The number of fused-ring (bicyclic) bond motifs is 1. The number of nitrogens with one attached hydrogen (secondary N) is 1. The van der Waals surface area contributed by atoms with Crippen LogP contribution in [0, 0.1) is 0 Å². The molecule has 2 heterocycles. The molecule has 3 aliphatic rings. The lowest BCUT2D eigenvalue weighted by molar-refractivity contribution is -0.130. The van der Waals surface area contributed by atoms with E-state index in [1.165, 1.54) is 19.3 Å². The fourth-order valence-electron chi connectivity index (χ4n) is 4.67. The SMILES string of the molecule is O=C(CCc1ccc2c(c1)CN(C(=O)NC1CCCCC1)CCO2)N1CCCC1. The molecule has 1 saturated carbocycles. The molecule has 6 nitrogen and oxygen atoms in total. The zero-order chi connectivity index (χ0) is 20.1. The minimum atomic E-state index is 0.0166. The third-order valence-corrected chi connectivity index (χ3v) is 6.41. The van der Waals surface area contributed by atoms with Gasteiger partial charge in [-0.1, -0.05) is 31.4 Å². The second kappa shape index (κ2) is 9.51. The first-order valence-electron chi connectivity index (χ1n) is 11.3. The van der Waals surface area contributed by atoms with Crippen LogP contribution >= 0.6 is 0 Å². The van der Waals surface area contributed by atoms with Gasteiger partial charge in [0.05, 0.1) is 13.1 Å². The summed E-state index contributed by atoms with van der Waals surface area (Å²) in [7, 11) is 0. The van der Waals surface area contributed by atoms with E-state index in [0.29, 0.717) is 32.2 Å². The van der Waals surface area contributed by atoms with Gasteiger partial charge in [-0.25, -0.2) is 4.79 Å². The normalized spacial score (nSPS) is 20.0. The largest absolute Gasteiger partial charge is 0.491 e. The van der Waals surface area contributed by atoms with Crippen molar-refractivity contribution in [2.24, 2.45) is 0 Å². The number of urea groups is 1. The second-order valence-electron chi connectivity index (χ2n) is 8.58. The maximum Gasteiger partial charge on any atom is 0.318 e. The molecular formula is C23H33N3O3. The number of benzene rings is 1. The van der Waals surface area contributed by atoms with Crippen LogP contribution in [-0.2, 0) is 17.8 Å². The third-order valence-electron chi connectivity index (χ3n) is 6.41. The molecule has 0 atom stereocenters. The van der Waals surface area contributed by atoms with Crippen molar-refractivity contribution >= 4 is 11.9 Å². The molecule has 0 spiro atoms. The molecule has 4 rings (SSSR count). The Labute approximate surface area is 173 Å². The van der Waals surface area contributed by atoms with E-state index in [4.69, 9.17) is 4.74 Å². The number of hydrogen-bond donors (Lipinski definition) is 1. The van der Waals surface area contributed by atoms with Crippen LogP contribution in [0.5, 0.6) is 5.75 Å². The van der Waals surface area contributed by atoms with Crippen LogP contribution in [0.15, 0.2) is 18.2 Å². The Morgan fingerprint density at radius 3 is 2.59 bits per heavy atom. The highest BCUT2D eigenvalue weighted by Crippen LogP contribution is 2.26. The maximum absolute atomic E-state index is 12.8. The molecule has 1 aliphatic carbocycles. The van der Waals surface area contributed by atoms with Gasteiger partial charge < -0.3 is 19.9 Å². The molecule has 1 N–H and O–H groups in total. The molecule has 6 heteroatoms. The molecule has 2 aliphatic heterocycles. The van der Waals surface area contributed by atoms with Crippen LogP contribution in [0.2, 0.25) is 0 Å². The van der Waals surface area contributed by atoms with Gasteiger partial charge in [-0.15, -0.1) is 0 Å². The van der Waals surface area contributed by atoms with E-state index in [1.807, 2.05) is 21.9 Å². The van der Waals surface area contributed by atoms with Crippen LogP contribution in [0.4, 0.5) is 4.79 Å². The Kier molecular flexibility index (Phi) is 6.57. The molecule has 1 aromatic rings. The van der Waals surface area contributed by atoms with Crippen molar-refractivity contribution in [2.75, 3.05) is 26.2 Å². The summed E-state index contributed by atoms with van der Waals surface area (Å²) < 4.78 is 5.88. The van der Waals surface area contributed by atoms with Gasteiger partial charge in [-0.05, 0) is 43.7 Å². The number of aryl methyl sites for hydroxylation is 1. The van der Waals surface area contributed by atoms with Crippen LogP contribution in [0.25, 0.3) is 0 Å². The fraction of sp³-hybridized carbons (Fsp3) is 0.652. The Bertz CT molecular complexity index is 724. The van der Waals surface area contributed by atoms with E-state index in [2.05, 4.69) is 11.4 Å². The summed E-state index contributed by atoms with van der Waals surface area (Å²) in [5.74, 6) is 1.11. The number of amides is 3. The first-order valence-corrected chi connectivity index (χ1v) is 11.3. The number of ether oxygens (including phenoxy) is 1. The Morgan fingerprint density at radius 1 is 1.00 bits per heavy atom. The molecule has 2 fully saturated rings. The van der Waals surface area contributed by atoms with Crippen LogP contribution in [0.3, 0.4) is 0 Å². The van der Waals surface area contributed by atoms with Gasteiger partial charge >= 0.3 is 6.03 Å². The van der Waals surface area contributed by atoms with Crippen molar-refractivity contribution in [3.05, 3.63) is 29.3 Å². The molecule has 1 aromatic carbocycles. The number of carbonyl (C=O) groups excluding carboxylic acids is 2. The predicted octanol–water partition coefficient (Wildman–Crippen LogP) is 3.48. The smallest absolute Gasteiger partial charge is 0.318 e. The van der Waals surface area contributed by atoms with Gasteiger partial charge in [0.2, 0.25) is 5.91 Å². The van der Waals surface area contributed by atoms with Gasteiger partial charge in [0.25, 0.3) is 0 Å². The molecule has 158 valence electrons. The first-order chi connectivity index (χ1) is 14.2. The summed E-state index contributed by atoms with van der Waals surface area (Å²) in [5, 5.41) is 3.21. The Balaban J connectivity index is 1.36. The highest BCUT2D eigenvalue weighted by atomic mass is 16.5. The standard InChI is InChI=1S/C23H33N3O3/c27-22(25-12-4-5-13-25)11-9-18-8-10-21-19(16-18)17-26(14-15-29-21)23(28)24-20-6-2-1-3-7-20/h8,10,16,20H,1-7,9,11-15,17H2,(H,24,28). The predicted molar refractivity (Wildman–Crippen MR) is 112 cm³/mol. The zero-order valence-corrected chi connectivity index (χ0v) is 17.3. The van der Waals surface area contributed by atoms with Gasteiger partial charge in [-0.2, -0.15) is 0 Å². The zero-order valence-electron chi connectivity index (χ0n) is 17.3. The summed E-state index contributed by atoms with van der Waals surface area (Å²) in [6.45, 7) is 3.47. The first kappa shape index (κ1) is 20.0. The van der Waals surface area contributed by atoms with Crippen molar-refractivity contribution in [3.8, 4) is 5.75 Å². The number of likely N-dealkylation sites (tertiary alicyclic amines) is 1. The lowest BCUT2D eigenvalue weighted by Crippen LogP contribution is -2.45. The number of carbonyl (C=O) groups is 2. The summed E-state index contributed by atoms with van der Waals surface area (Å²) in [6.07, 6.45) is 9.39.